The summed E-state index contributed by atoms with van der Waals surface area (Å²) >= 11 is 12.2. The van der Waals surface area contributed by atoms with E-state index in [0.717, 1.165) is 25.1 Å². The Bertz CT molecular complexity index is 561. The smallest absolute Gasteiger partial charge is 0.142 e. The second kappa shape index (κ2) is 9.95. The van der Waals surface area contributed by atoms with Crippen molar-refractivity contribution in [1.82, 2.24) is 14.9 Å². The minimum atomic E-state index is 0. The summed E-state index contributed by atoms with van der Waals surface area (Å²) in [6, 6.07) is 3.60. The topological polar surface area (TPSA) is 39.1 Å². The van der Waals surface area contributed by atoms with Crippen LogP contribution in [-0.4, -0.2) is 22.7 Å². The summed E-state index contributed by atoms with van der Waals surface area (Å²) in [6.07, 6.45) is 6.60. The minimum Gasteiger partial charge on any atom is -0.492 e. The van der Waals surface area contributed by atoms with Crippen molar-refractivity contribution in [3.63, 3.8) is 0 Å². The molecular weight excluding hydrogens is 345 g/mol. The van der Waals surface area contributed by atoms with E-state index in [1.54, 1.807) is 12.3 Å². The Balaban J connectivity index is 0.00000242. The van der Waals surface area contributed by atoms with Gasteiger partial charge in [-0.25, -0.2) is 4.98 Å². The highest BCUT2D eigenvalue weighted by Gasteiger charge is 2.10. The molecule has 0 fully saturated rings. The molecule has 0 unspecified atom stereocenters. The van der Waals surface area contributed by atoms with Crippen molar-refractivity contribution in [2.24, 2.45) is 0 Å². The molecule has 0 bridgehead atoms. The van der Waals surface area contributed by atoms with Gasteiger partial charge in [-0.1, -0.05) is 23.2 Å². The molecule has 122 valence electrons. The van der Waals surface area contributed by atoms with E-state index in [2.05, 4.69) is 14.9 Å². The molecule has 7 heteroatoms. The molecule has 22 heavy (non-hydrogen) atoms. The van der Waals surface area contributed by atoms with Gasteiger partial charge >= 0.3 is 0 Å². The van der Waals surface area contributed by atoms with Crippen LogP contribution < -0.4 is 10.1 Å². The quantitative estimate of drug-likeness (QED) is 0.714. The molecule has 0 saturated heterocycles. The minimum absolute atomic E-state index is 0. The average molecular weight is 365 g/mol. The first-order valence-electron chi connectivity index (χ1n) is 6.98. The number of imidazole rings is 1. The highest BCUT2D eigenvalue weighted by atomic mass is 35.5. The molecule has 0 atom stereocenters. The number of benzene rings is 1. The number of ether oxygens (including phenoxy) is 1. The molecule has 0 aliphatic carbocycles. The summed E-state index contributed by atoms with van der Waals surface area (Å²) in [6.45, 7) is 5.04. The van der Waals surface area contributed by atoms with Gasteiger partial charge in [0.1, 0.15) is 5.75 Å². The Morgan fingerprint density at radius 1 is 1.32 bits per heavy atom. The van der Waals surface area contributed by atoms with Crippen LogP contribution in [0.25, 0.3) is 0 Å². The third-order valence-electron chi connectivity index (χ3n) is 3.02. The number of hydrogen-bond donors (Lipinski definition) is 1. The van der Waals surface area contributed by atoms with E-state index in [9.17, 15) is 0 Å². The maximum absolute atomic E-state index is 6.17. The Morgan fingerprint density at radius 2 is 2.14 bits per heavy atom. The first-order valence-corrected chi connectivity index (χ1v) is 7.73. The molecule has 0 amide bonds. The van der Waals surface area contributed by atoms with Crippen molar-refractivity contribution in [2.45, 2.75) is 26.4 Å². The normalized spacial score (nSPS) is 10.3. The Kier molecular flexibility index (Phi) is 8.64. The summed E-state index contributed by atoms with van der Waals surface area (Å²) in [5, 5.41) is 4.57. The number of aryl methyl sites for hydroxylation is 1. The molecule has 2 rings (SSSR count). The van der Waals surface area contributed by atoms with Gasteiger partial charge in [0.2, 0.25) is 0 Å². The highest BCUT2D eigenvalue weighted by Crippen LogP contribution is 2.32. The van der Waals surface area contributed by atoms with Gasteiger partial charge in [-0.3, -0.25) is 0 Å². The van der Waals surface area contributed by atoms with Crippen LogP contribution in [-0.2, 0) is 13.1 Å². The SMILES string of the molecule is CCOc1c(Cl)cc(Cl)cc1CNCCCn1ccnc1.Cl. The van der Waals surface area contributed by atoms with E-state index < -0.39 is 0 Å². The van der Waals surface area contributed by atoms with Crippen LogP contribution in [0.2, 0.25) is 10.0 Å². The lowest BCUT2D eigenvalue weighted by atomic mass is 10.2. The highest BCUT2D eigenvalue weighted by molar-refractivity contribution is 6.35. The molecule has 2 aromatic rings. The molecule has 1 aromatic carbocycles. The first kappa shape index (κ1) is 19.1. The van der Waals surface area contributed by atoms with Gasteiger partial charge in [0.25, 0.3) is 0 Å². The summed E-state index contributed by atoms with van der Waals surface area (Å²) in [5.41, 5.74) is 0.983. The van der Waals surface area contributed by atoms with E-state index in [0.29, 0.717) is 28.9 Å². The summed E-state index contributed by atoms with van der Waals surface area (Å²) in [4.78, 5) is 4.02. The Hall–Kier alpha value is -0.940. The van der Waals surface area contributed by atoms with Crippen molar-refractivity contribution < 1.29 is 4.74 Å². The van der Waals surface area contributed by atoms with Crippen LogP contribution in [0, 0.1) is 0 Å². The zero-order chi connectivity index (χ0) is 15.1. The summed E-state index contributed by atoms with van der Waals surface area (Å²) < 4.78 is 7.65. The van der Waals surface area contributed by atoms with Crippen LogP contribution >= 0.6 is 35.6 Å². The zero-order valence-corrected chi connectivity index (χ0v) is 14.7. The molecular formula is C15H20Cl3N3O. The standard InChI is InChI=1S/C15H19Cl2N3O.ClH/c1-2-21-15-12(8-13(16)9-14(15)17)10-18-4-3-6-20-7-5-19-11-20;/h5,7-9,11,18H,2-4,6,10H2,1H3;1H. The molecule has 1 N–H and O–H groups in total. The maximum Gasteiger partial charge on any atom is 0.142 e. The van der Waals surface area contributed by atoms with Crippen molar-refractivity contribution in [1.29, 1.82) is 0 Å². The summed E-state index contributed by atoms with van der Waals surface area (Å²) in [7, 11) is 0. The van der Waals surface area contributed by atoms with E-state index in [4.69, 9.17) is 27.9 Å². The predicted molar refractivity (Wildman–Crippen MR) is 93.4 cm³/mol. The van der Waals surface area contributed by atoms with E-state index in [1.165, 1.54) is 0 Å². The van der Waals surface area contributed by atoms with Gasteiger partial charge in [0.05, 0.1) is 18.0 Å². The largest absolute Gasteiger partial charge is 0.492 e. The van der Waals surface area contributed by atoms with Gasteiger partial charge in [-0.2, -0.15) is 0 Å². The van der Waals surface area contributed by atoms with Crippen LogP contribution in [0.15, 0.2) is 30.9 Å². The molecule has 0 aliphatic heterocycles. The van der Waals surface area contributed by atoms with Gasteiger partial charge in [0, 0.05) is 36.1 Å². The zero-order valence-electron chi connectivity index (χ0n) is 12.4. The number of nitrogens with zero attached hydrogens (tertiary/aromatic N) is 2. The lowest BCUT2D eigenvalue weighted by Crippen LogP contribution is -2.17. The third kappa shape index (κ3) is 5.69. The average Bonchev–Trinajstić information content (AvgIpc) is 2.95. The fourth-order valence-electron chi connectivity index (χ4n) is 2.08. The van der Waals surface area contributed by atoms with Crippen LogP contribution in [0.1, 0.15) is 18.9 Å². The Morgan fingerprint density at radius 3 is 2.82 bits per heavy atom. The van der Waals surface area contributed by atoms with E-state index >= 15 is 0 Å². The molecule has 1 heterocycles. The number of aromatic nitrogens is 2. The van der Waals surface area contributed by atoms with Gasteiger partial charge in [0.15, 0.2) is 0 Å². The van der Waals surface area contributed by atoms with Crippen molar-refractivity contribution in [3.05, 3.63) is 46.5 Å². The van der Waals surface area contributed by atoms with Gasteiger partial charge < -0.3 is 14.6 Å². The van der Waals surface area contributed by atoms with Crippen molar-refractivity contribution >= 4 is 35.6 Å². The fraction of sp³-hybridized carbons (Fsp3) is 0.400. The molecule has 1 aromatic heterocycles. The van der Waals surface area contributed by atoms with Crippen LogP contribution in [0.4, 0.5) is 0 Å². The lowest BCUT2D eigenvalue weighted by Gasteiger charge is -2.13. The maximum atomic E-state index is 6.17. The first-order chi connectivity index (χ1) is 10.2. The molecule has 4 nitrogen and oxygen atoms in total. The second-order valence-corrected chi connectivity index (χ2v) is 5.48. The number of nitrogens with one attached hydrogen (secondary N) is 1. The number of rotatable bonds is 8. The third-order valence-corrected chi connectivity index (χ3v) is 3.52. The lowest BCUT2D eigenvalue weighted by molar-refractivity contribution is 0.335. The number of hydrogen-bond acceptors (Lipinski definition) is 3. The summed E-state index contributed by atoms with van der Waals surface area (Å²) in [5.74, 6) is 0.714. The van der Waals surface area contributed by atoms with Gasteiger partial charge in [-0.15, -0.1) is 12.4 Å². The van der Waals surface area contributed by atoms with Gasteiger partial charge in [-0.05, 0) is 32.0 Å². The monoisotopic (exact) mass is 363 g/mol. The fourth-order valence-corrected chi connectivity index (χ4v) is 2.67. The van der Waals surface area contributed by atoms with Crippen molar-refractivity contribution in [2.75, 3.05) is 13.2 Å². The molecule has 0 radical (unpaired) electrons. The molecule has 0 spiro atoms. The number of halogens is 3. The van der Waals surface area contributed by atoms with Crippen molar-refractivity contribution in [3.8, 4) is 5.75 Å². The molecule has 0 aliphatic rings. The predicted octanol–water partition coefficient (Wildman–Crippen LogP) is 4.19. The van der Waals surface area contributed by atoms with Crippen LogP contribution in [0.3, 0.4) is 0 Å². The van der Waals surface area contributed by atoms with Crippen LogP contribution in [0.5, 0.6) is 5.75 Å². The Labute approximate surface area is 147 Å². The second-order valence-electron chi connectivity index (χ2n) is 4.64. The van der Waals surface area contributed by atoms with E-state index in [1.807, 2.05) is 25.5 Å². The molecule has 0 saturated carbocycles. The van der Waals surface area contributed by atoms with E-state index in [-0.39, 0.29) is 12.4 Å².